The van der Waals surface area contributed by atoms with Crippen LogP contribution < -0.4 is 0 Å². The third kappa shape index (κ3) is 3.36. The van der Waals surface area contributed by atoms with E-state index in [0.717, 1.165) is 12.6 Å². The van der Waals surface area contributed by atoms with Crippen molar-refractivity contribution in [1.29, 1.82) is 0 Å². The van der Waals surface area contributed by atoms with Crippen molar-refractivity contribution in [2.75, 3.05) is 13.1 Å². The lowest BCUT2D eigenvalue weighted by Crippen LogP contribution is -2.27. The standard InChI is InChI=1S/C12H19NO3/c1-8(2)10-5-11(14)13(7-10)6-9(3)4-12(15)16/h4,8,10H,5-7H2,1-3H3,(H,15,16). The molecule has 0 aromatic rings. The normalized spacial score (nSPS) is 22.0. The molecule has 0 saturated carbocycles. The van der Waals surface area contributed by atoms with Crippen LogP contribution in [0.4, 0.5) is 0 Å². The maximum Gasteiger partial charge on any atom is 0.328 e. The van der Waals surface area contributed by atoms with Gasteiger partial charge in [0.2, 0.25) is 5.91 Å². The molecular formula is C12H19NO3. The van der Waals surface area contributed by atoms with Crippen LogP contribution in [-0.2, 0) is 9.59 Å². The zero-order chi connectivity index (χ0) is 12.3. The molecule has 1 fully saturated rings. The minimum atomic E-state index is -0.954. The second kappa shape index (κ2) is 5.14. The topological polar surface area (TPSA) is 57.6 Å². The van der Waals surface area contributed by atoms with Crippen molar-refractivity contribution in [3.05, 3.63) is 11.6 Å². The Labute approximate surface area is 95.9 Å². The molecule has 0 aliphatic carbocycles. The van der Waals surface area contributed by atoms with Crippen LogP contribution in [0.2, 0.25) is 0 Å². The van der Waals surface area contributed by atoms with Crippen LogP contribution in [0.3, 0.4) is 0 Å². The largest absolute Gasteiger partial charge is 0.478 e. The first-order valence-corrected chi connectivity index (χ1v) is 5.58. The Balaban J connectivity index is 2.57. The number of carbonyl (C=O) groups is 2. The SMILES string of the molecule is CC(=CC(=O)O)CN1CC(C(C)C)CC1=O. The Hall–Kier alpha value is -1.32. The van der Waals surface area contributed by atoms with Crippen LogP contribution in [0.15, 0.2) is 11.6 Å². The fraction of sp³-hybridized carbons (Fsp3) is 0.667. The van der Waals surface area contributed by atoms with Crippen LogP contribution in [0.1, 0.15) is 27.2 Å². The molecule has 0 radical (unpaired) electrons. The van der Waals surface area contributed by atoms with Gasteiger partial charge in [-0.25, -0.2) is 4.79 Å². The minimum Gasteiger partial charge on any atom is -0.478 e. The molecular weight excluding hydrogens is 206 g/mol. The summed E-state index contributed by atoms with van der Waals surface area (Å²) in [7, 11) is 0. The zero-order valence-corrected chi connectivity index (χ0v) is 10.1. The summed E-state index contributed by atoms with van der Waals surface area (Å²) in [6.07, 6.45) is 1.76. The van der Waals surface area contributed by atoms with E-state index in [-0.39, 0.29) is 5.91 Å². The summed E-state index contributed by atoms with van der Waals surface area (Å²) in [5, 5.41) is 8.58. The van der Waals surface area contributed by atoms with Gasteiger partial charge in [0.15, 0.2) is 0 Å². The minimum absolute atomic E-state index is 0.136. The summed E-state index contributed by atoms with van der Waals surface area (Å²) >= 11 is 0. The molecule has 0 aromatic carbocycles. The van der Waals surface area contributed by atoms with Gasteiger partial charge < -0.3 is 10.0 Å². The molecule has 0 aromatic heterocycles. The second-order valence-electron chi connectivity index (χ2n) is 4.81. The molecule has 0 spiro atoms. The fourth-order valence-corrected chi connectivity index (χ4v) is 1.96. The van der Waals surface area contributed by atoms with E-state index in [1.807, 2.05) is 0 Å². The number of nitrogens with zero attached hydrogens (tertiary/aromatic N) is 1. The van der Waals surface area contributed by atoms with Gasteiger partial charge in [-0.2, -0.15) is 0 Å². The molecule has 1 amide bonds. The number of amides is 1. The molecule has 1 atom stereocenters. The predicted molar refractivity (Wildman–Crippen MR) is 60.9 cm³/mol. The zero-order valence-electron chi connectivity index (χ0n) is 10.1. The Kier molecular flexibility index (Phi) is 4.10. The van der Waals surface area contributed by atoms with Gasteiger partial charge in [0.25, 0.3) is 0 Å². The third-order valence-corrected chi connectivity index (χ3v) is 3.00. The number of hydrogen-bond acceptors (Lipinski definition) is 2. The van der Waals surface area contributed by atoms with Crippen molar-refractivity contribution >= 4 is 11.9 Å². The molecule has 4 heteroatoms. The third-order valence-electron chi connectivity index (χ3n) is 3.00. The lowest BCUT2D eigenvalue weighted by atomic mass is 9.95. The van der Waals surface area contributed by atoms with Crippen LogP contribution >= 0.6 is 0 Å². The monoisotopic (exact) mass is 225 g/mol. The van der Waals surface area contributed by atoms with Crippen molar-refractivity contribution in [1.82, 2.24) is 4.90 Å². The average Bonchev–Trinajstić information content (AvgIpc) is 2.46. The average molecular weight is 225 g/mol. The quantitative estimate of drug-likeness (QED) is 0.738. The van der Waals surface area contributed by atoms with Gasteiger partial charge in [-0.05, 0) is 24.3 Å². The van der Waals surface area contributed by atoms with Gasteiger partial charge in [-0.3, -0.25) is 4.79 Å². The van der Waals surface area contributed by atoms with E-state index in [1.54, 1.807) is 11.8 Å². The maximum absolute atomic E-state index is 11.7. The molecule has 4 nitrogen and oxygen atoms in total. The van der Waals surface area contributed by atoms with E-state index >= 15 is 0 Å². The predicted octanol–water partition coefficient (Wildman–Crippen LogP) is 1.52. The highest BCUT2D eigenvalue weighted by Gasteiger charge is 2.31. The van der Waals surface area contributed by atoms with Crippen molar-refractivity contribution < 1.29 is 14.7 Å². The second-order valence-corrected chi connectivity index (χ2v) is 4.81. The fourth-order valence-electron chi connectivity index (χ4n) is 1.96. The molecule has 1 aliphatic rings. The lowest BCUT2D eigenvalue weighted by Gasteiger charge is -2.18. The molecule has 1 heterocycles. The number of carbonyl (C=O) groups excluding carboxylic acids is 1. The van der Waals surface area contributed by atoms with E-state index in [1.165, 1.54) is 0 Å². The summed E-state index contributed by atoms with van der Waals surface area (Å²) < 4.78 is 0. The molecule has 0 bridgehead atoms. The van der Waals surface area contributed by atoms with Gasteiger partial charge in [-0.15, -0.1) is 0 Å². The highest BCUT2D eigenvalue weighted by atomic mass is 16.4. The van der Waals surface area contributed by atoms with Gasteiger partial charge in [0.05, 0.1) is 0 Å². The maximum atomic E-state index is 11.7. The van der Waals surface area contributed by atoms with Crippen molar-refractivity contribution in [3.8, 4) is 0 Å². The van der Waals surface area contributed by atoms with Gasteiger partial charge in [0, 0.05) is 25.6 Å². The summed E-state index contributed by atoms with van der Waals surface area (Å²) in [4.78, 5) is 23.9. The Morgan fingerprint density at radius 2 is 2.25 bits per heavy atom. The Bertz CT molecular complexity index is 320. The highest BCUT2D eigenvalue weighted by Crippen LogP contribution is 2.25. The molecule has 1 rings (SSSR count). The summed E-state index contributed by atoms with van der Waals surface area (Å²) in [6, 6.07) is 0. The van der Waals surface area contributed by atoms with Gasteiger partial charge >= 0.3 is 5.97 Å². The highest BCUT2D eigenvalue weighted by molar-refractivity contribution is 5.81. The van der Waals surface area contributed by atoms with E-state index in [0.29, 0.717) is 30.4 Å². The van der Waals surface area contributed by atoms with Crippen LogP contribution in [-0.4, -0.2) is 35.0 Å². The molecule has 1 saturated heterocycles. The van der Waals surface area contributed by atoms with E-state index in [9.17, 15) is 9.59 Å². The summed E-state index contributed by atoms with van der Waals surface area (Å²) in [5.74, 6) is 0.0873. The van der Waals surface area contributed by atoms with Gasteiger partial charge in [-0.1, -0.05) is 13.8 Å². The summed E-state index contributed by atoms with van der Waals surface area (Å²) in [6.45, 7) is 7.16. The number of rotatable bonds is 4. The number of aliphatic carboxylic acids is 1. The lowest BCUT2D eigenvalue weighted by molar-refractivity contribution is -0.131. The smallest absolute Gasteiger partial charge is 0.328 e. The first kappa shape index (κ1) is 12.7. The number of carboxylic acid groups (broad SMARTS) is 1. The first-order valence-electron chi connectivity index (χ1n) is 5.58. The molecule has 16 heavy (non-hydrogen) atoms. The van der Waals surface area contributed by atoms with Gasteiger partial charge in [0.1, 0.15) is 0 Å². The molecule has 90 valence electrons. The van der Waals surface area contributed by atoms with E-state index < -0.39 is 5.97 Å². The molecule has 1 unspecified atom stereocenters. The summed E-state index contributed by atoms with van der Waals surface area (Å²) in [5.41, 5.74) is 0.713. The number of likely N-dealkylation sites (tertiary alicyclic amines) is 1. The molecule has 1 N–H and O–H groups in total. The van der Waals surface area contributed by atoms with Crippen LogP contribution in [0.5, 0.6) is 0 Å². The number of hydrogen-bond donors (Lipinski definition) is 1. The Morgan fingerprint density at radius 3 is 2.69 bits per heavy atom. The van der Waals surface area contributed by atoms with Crippen molar-refractivity contribution in [2.24, 2.45) is 11.8 Å². The van der Waals surface area contributed by atoms with Crippen molar-refractivity contribution in [3.63, 3.8) is 0 Å². The Morgan fingerprint density at radius 1 is 1.62 bits per heavy atom. The van der Waals surface area contributed by atoms with E-state index in [2.05, 4.69) is 13.8 Å². The molecule has 1 aliphatic heterocycles. The number of carboxylic acids is 1. The van der Waals surface area contributed by atoms with Crippen LogP contribution in [0, 0.1) is 11.8 Å². The van der Waals surface area contributed by atoms with Crippen LogP contribution in [0.25, 0.3) is 0 Å². The van der Waals surface area contributed by atoms with Crippen molar-refractivity contribution in [2.45, 2.75) is 27.2 Å². The van der Waals surface area contributed by atoms with E-state index in [4.69, 9.17) is 5.11 Å². The first-order chi connectivity index (χ1) is 7.40.